The summed E-state index contributed by atoms with van der Waals surface area (Å²) in [6.45, 7) is 0.804. The molecule has 1 aromatic carbocycles. The molecule has 0 saturated carbocycles. The fourth-order valence-corrected chi connectivity index (χ4v) is 2.74. The van der Waals surface area contributed by atoms with Crippen LogP contribution >= 0.6 is 11.6 Å². The monoisotopic (exact) mass is 308 g/mol. The molecule has 1 fully saturated rings. The Labute approximate surface area is 128 Å². The maximum absolute atomic E-state index is 11.9. The third-order valence-corrected chi connectivity index (χ3v) is 3.85. The Bertz CT molecular complexity index is 586. The molecule has 21 heavy (non-hydrogen) atoms. The number of carboxylic acids is 1. The molecule has 2 N–H and O–H groups in total. The van der Waals surface area contributed by atoms with Crippen LogP contribution in [0.5, 0.6) is 0 Å². The molecule has 1 aliphatic heterocycles. The van der Waals surface area contributed by atoms with Crippen molar-refractivity contribution in [1.82, 2.24) is 5.32 Å². The van der Waals surface area contributed by atoms with E-state index in [1.165, 1.54) is 6.08 Å². The third kappa shape index (κ3) is 3.55. The maximum Gasteiger partial charge on any atom is 0.328 e. The van der Waals surface area contributed by atoms with Crippen molar-refractivity contribution in [3.05, 3.63) is 34.9 Å². The molecule has 1 atom stereocenters. The lowest BCUT2D eigenvalue weighted by Gasteiger charge is -2.25. The molecule has 1 unspecified atom stereocenters. The summed E-state index contributed by atoms with van der Waals surface area (Å²) < 4.78 is 0. The Morgan fingerprint density at radius 3 is 2.86 bits per heavy atom. The van der Waals surface area contributed by atoms with Crippen molar-refractivity contribution in [2.75, 3.05) is 18.5 Å². The lowest BCUT2D eigenvalue weighted by molar-refractivity contribution is -0.131. The van der Waals surface area contributed by atoms with Crippen molar-refractivity contribution in [3.8, 4) is 0 Å². The molecule has 2 rings (SSSR count). The predicted molar refractivity (Wildman–Crippen MR) is 82.6 cm³/mol. The van der Waals surface area contributed by atoms with Crippen LogP contribution in [0.25, 0.3) is 6.08 Å². The molecule has 0 radical (unpaired) electrons. The highest BCUT2D eigenvalue weighted by molar-refractivity contribution is 6.32. The van der Waals surface area contributed by atoms with Gasteiger partial charge in [0, 0.05) is 30.4 Å². The van der Waals surface area contributed by atoms with Gasteiger partial charge in [0.25, 0.3) is 0 Å². The molecule has 112 valence electrons. The summed E-state index contributed by atoms with van der Waals surface area (Å²) in [7, 11) is 1.63. The SMILES string of the molecule is CNC(=O)C1CCCN1c1ccc(/C=C/C(=O)O)c(Cl)c1. The average molecular weight is 309 g/mol. The van der Waals surface area contributed by atoms with Gasteiger partial charge in [-0.3, -0.25) is 4.79 Å². The van der Waals surface area contributed by atoms with Crippen molar-refractivity contribution in [1.29, 1.82) is 0 Å². The molecule has 1 heterocycles. The number of rotatable bonds is 4. The summed E-state index contributed by atoms with van der Waals surface area (Å²) in [4.78, 5) is 24.4. The fourth-order valence-electron chi connectivity index (χ4n) is 2.51. The summed E-state index contributed by atoms with van der Waals surface area (Å²) in [6.07, 6.45) is 4.27. The summed E-state index contributed by atoms with van der Waals surface area (Å²) in [5.41, 5.74) is 1.51. The van der Waals surface area contributed by atoms with E-state index >= 15 is 0 Å². The van der Waals surface area contributed by atoms with Crippen molar-refractivity contribution in [2.24, 2.45) is 0 Å². The molecule has 1 saturated heterocycles. The van der Waals surface area contributed by atoms with E-state index in [9.17, 15) is 9.59 Å². The van der Waals surface area contributed by atoms with Gasteiger partial charge < -0.3 is 15.3 Å². The first-order valence-corrected chi connectivity index (χ1v) is 7.09. The van der Waals surface area contributed by atoms with Crippen molar-refractivity contribution >= 4 is 35.2 Å². The first-order chi connectivity index (χ1) is 10.0. The normalized spacial score (nSPS) is 18.2. The zero-order valence-corrected chi connectivity index (χ0v) is 12.4. The van der Waals surface area contributed by atoms with E-state index in [2.05, 4.69) is 5.32 Å². The Hall–Kier alpha value is -2.01. The largest absolute Gasteiger partial charge is 0.478 e. The van der Waals surface area contributed by atoms with Crippen LogP contribution in [-0.4, -0.2) is 36.6 Å². The second-order valence-corrected chi connectivity index (χ2v) is 5.25. The molecule has 0 bridgehead atoms. The van der Waals surface area contributed by atoms with Gasteiger partial charge in [0.05, 0.1) is 0 Å². The van der Waals surface area contributed by atoms with Crippen LogP contribution in [0.3, 0.4) is 0 Å². The minimum Gasteiger partial charge on any atom is -0.478 e. The summed E-state index contributed by atoms with van der Waals surface area (Å²) in [5, 5.41) is 11.8. The van der Waals surface area contributed by atoms with Gasteiger partial charge in [0.1, 0.15) is 6.04 Å². The molecule has 0 aliphatic carbocycles. The summed E-state index contributed by atoms with van der Waals surface area (Å²) >= 11 is 6.18. The number of benzene rings is 1. The van der Waals surface area contributed by atoms with Gasteiger partial charge in [0.2, 0.25) is 5.91 Å². The van der Waals surface area contributed by atoms with Gasteiger partial charge in [-0.2, -0.15) is 0 Å². The van der Waals surface area contributed by atoms with E-state index in [0.29, 0.717) is 10.6 Å². The number of halogens is 1. The second-order valence-electron chi connectivity index (χ2n) is 4.84. The Balaban J connectivity index is 2.23. The first kappa shape index (κ1) is 15.4. The van der Waals surface area contributed by atoms with E-state index in [4.69, 9.17) is 16.7 Å². The lowest BCUT2D eigenvalue weighted by Crippen LogP contribution is -2.41. The minimum atomic E-state index is -1.02. The van der Waals surface area contributed by atoms with Gasteiger partial charge in [-0.05, 0) is 36.6 Å². The number of aliphatic carboxylic acids is 1. The maximum atomic E-state index is 11.9. The predicted octanol–water partition coefficient (Wildman–Crippen LogP) is 2.15. The van der Waals surface area contributed by atoms with E-state index in [1.807, 2.05) is 11.0 Å². The molecular formula is C15H17ClN2O3. The topological polar surface area (TPSA) is 69.6 Å². The van der Waals surface area contributed by atoms with E-state index < -0.39 is 5.97 Å². The molecular weight excluding hydrogens is 292 g/mol. The molecule has 0 spiro atoms. The second kappa shape index (κ2) is 6.63. The van der Waals surface area contributed by atoms with Crippen molar-refractivity contribution in [2.45, 2.75) is 18.9 Å². The van der Waals surface area contributed by atoms with E-state index in [-0.39, 0.29) is 11.9 Å². The van der Waals surface area contributed by atoms with Crippen LogP contribution in [0, 0.1) is 0 Å². The third-order valence-electron chi connectivity index (χ3n) is 3.52. The first-order valence-electron chi connectivity index (χ1n) is 6.71. The molecule has 6 heteroatoms. The molecule has 1 aromatic rings. The average Bonchev–Trinajstić information content (AvgIpc) is 2.94. The highest BCUT2D eigenvalue weighted by Gasteiger charge is 2.30. The summed E-state index contributed by atoms with van der Waals surface area (Å²) in [5.74, 6) is -1.02. The lowest BCUT2D eigenvalue weighted by atomic mass is 10.1. The number of nitrogens with one attached hydrogen (secondary N) is 1. The molecule has 1 aliphatic rings. The number of hydrogen-bond donors (Lipinski definition) is 2. The van der Waals surface area contributed by atoms with Crippen LogP contribution in [0.4, 0.5) is 5.69 Å². The van der Waals surface area contributed by atoms with Gasteiger partial charge in [0.15, 0.2) is 0 Å². The number of nitrogens with zero attached hydrogens (tertiary/aromatic N) is 1. The number of carboxylic acid groups (broad SMARTS) is 1. The Morgan fingerprint density at radius 2 is 2.24 bits per heavy atom. The zero-order chi connectivity index (χ0) is 15.4. The Morgan fingerprint density at radius 1 is 1.48 bits per heavy atom. The quantitative estimate of drug-likeness (QED) is 0.836. The van der Waals surface area contributed by atoms with Gasteiger partial charge >= 0.3 is 5.97 Å². The zero-order valence-electron chi connectivity index (χ0n) is 11.7. The number of likely N-dealkylation sites (N-methyl/N-ethyl adjacent to an activating group) is 1. The van der Waals surface area contributed by atoms with Crippen LogP contribution in [-0.2, 0) is 9.59 Å². The fraction of sp³-hybridized carbons (Fsp3) is 0.333. The Kier molecular flexibility index (Phi) is 4.85. The van der Waals surface area contributed by atoms with Crippen LogP contribution in [0.1, 0.15) is 18.4 Å². The molecule has 1 amide bonds. The number of anilines is 1. The number of carbonyl (C=O) groups is 2. The number of amides is 1. The highest BCUT2D eigenvalue weighted by atomic mass is 35.5. The molecule has 5 nitrogen and oxygen atoms in total. The van der Waals surface area contributed by atoms with Crippen LogP contribution < -0.4 is 10.2 Å². The van der Waals surface area contributed by atoms with Crippen LogP contribution in [0.15, 0.2) is 24.3 Å². The van der Waals surface area contributed by atoms with Gasteiger partial charge in [-0.15, -0.1) is 0 Å². The van der Waals surface area contributed by atoms with Gasteiger partial charge in [-0.25, -0.2) is 4.79 Å². The van der Waals surface area contributed by atoms with Crippen LogP contribution in [0.2, 0.25) is 5.02 Å². The van der Waals surface area contributed by atoms with E-state index in [0.717, 1.165) is 31.1 Å². The minimum absolute atomic E-state index is 0.00141. The molecule has 0 aromatic heterocycles. The van der Waals surface area contributed by atoms with Crippen molar-refractivity contribution < 1.29 is 14.7 Å². The highest BCUT2D eigenvalue weighted by Crippen LogP contribution is 2.30. The number of hydrogen-bond acceptors (Lipinski definition) is 3. The standard InChI is InChI=1S/C15H17ClN2O3/c1-17-15(21)13-3-2-8-18(13)11-6-4-10(12(16)9-11)5-7-14(19)20/h4-7,9,13H,2-3,8H2,1H3,(H,17,21)(H,19,20)/b7-5+. The van der Waals surface area contributed by atoms with E-state index in [1.54, 1.807) is 19.2 Å². The smallest absolute Gasteiger partial charge is 0.328 e. The summed E-state index contributed by atoms with van der Waals surface area (Å²) in [6, 6.07) is 5.21. The van der Waals surface area contributed by atoms with Crippen molar-refractivity contribution in [3.63, 3.8) is 0 Å². The van der Waals surface area contributed by atoms with Gasteiger partial charge in [-0.1, -0.05) is 17.7 Å². The number of carbonyl (C=O) groups excluding carboxylic acids is 1.